The van der Waals surface area contributed by atoms with Crippen LogP contribution >= 0.6 is 24.0 Å². The van der Waals surface area contributed by atoms with Gasteiger partial charge in [-0.2, -0.15) is 0 Å². The Hall–Kier alpha value is -0.930. The van der Waals surface area contributed by atoms with Gasteiger partial charge in [0, 0.05) is 18.8 Å². The molecule has 1 fully saturated rings. The molecule has 0 bridgehead atoms. The third-order valence-electron chi connectivity index (χ3n) is 3.18. The van der Waals surface area contributed by atoms with Crippen LogP contribution in [0.25, 0.3) is 0 Å². The summed E-state index contributed by atoms with van der Waals surface area (Å²) in [6.07, 6.45) is 3.44. The molecule has 1 amide bonds. The normalized spacial score (nSPS) is 13.8. The van der Waals surface area contributed by atoms with E-state index >= 15 is 0 Å². The zero-order valence-electron chi connectivity index (χ0n) is 11.1. The van der Waals surface area contributed by atoms with E-state index in [0.717, 1.165) is 19.5 Å². The predicted molar refractivity (Wildman–Crippen MR) is 82.0 cm³/mol. The quantitative estimate of drug-likeness (QED) is 0.845. The largest absolute Gasteiger partial charge is 0.399 e. The van der Waals surface area contributed by atoms with E-state index in [4.69, 9.17) is 17.3 Å². The SMILES string of the molecule is CCCN(CC1CC1)C(=O)c1ccc(N)cc1Cl.Cl. The molecule has 1 saturated carbocycles. The predicted octanol–water partition coefficient (Wildman–Crippen LogP) is 3.61. The van der Waals surface area contributed by atoms with Crippen molar-refractivity contribution in [3.05, 3.63) is 28.8 Å². The molecule has 2 rings (SSSR count). The molecule has 0 spiro atoms. The number of rotatable bonds is 5. The van der Waals surface area contributed by atoms with Crippen molar-refractivity contribution in [2.75, 3.05) is 18.8 Å². The van der Waals surface area contributed by atoms with E-state index in [9.17, 15) is 4.79 Å². The monoisotopic (exact) mass is 302 g/mol. The minimum atomic E-state index is 0. The highest BCUT2D eigenvalue weighted by Gasteiger charge is 2.27. The van der Waals surface area contributed by atoms with Gasteiger partial charge in [-0.25, -0.2) is 0 Å². The van der Waals surface area contributed by atoms with Gasteiger partial charge >= 0.3 is 0 Å². The molecule has 106 valence electrons. The average Bonchev–Trinajstić information content (AvgIpc) is 3.11. The number of hydrogen-bond acceptors (Lipinski definition) is 2. The summed E-state index contributed by atoms with van der Waals surface area (Å²) in [6.45, 7) is 3.72. The summed E-state index contributed by atoms with van der Waals surface area (Å²) >= 11 is 6.09. The summed E-state index contributed by atoms with van der Waals surface area (Å²) in [5.74, 6) is 0.710. The van der Waals surface area contributed by atoms with Gasteiger partial charge in [-0.05, 0) is 43.4 Å². The Morgan fingerprint density at radius 3 is 2.68 bits per heavy atom. The summed E-state index contributed by atoms with van der Waals surface area (Å²) in [6, 6.07) is 5.08. The zero-order chi connectivity index (χ0) is 13.1. The van der Waals surface area contributed by atoms with Crippen LogP contribution in [0.4, 0.5) is 5.69 Å². The molecule has 0 unspecified atom stereocenters. The molecule has 19 heavy (non-hydrogen) atoms. The summed E-state index contributed by atoms with van der Waals surface area (Å²) in [4.78, 5) is 14.3. The number of nitrogen functional groups attached to an aromatic ring is 1. The molecule has 1 aliphatic carbocycles. The molecular weight excluding hydrogens is 283 g/mol. The minimum Gasteiger partial charge on any atom is -0.399 e. The molecule has 1 aromatic rings. The second-order valence-electron chi connectivity index (χ2n) is 4.93. The second kappa shape index (κ2) is 7.01. The zero-order valence-corrected chi connectivity index (χ0v) is 12.6. The van der Waals surface area contributed by atoms with E-state index in [0.29, 0.717) is 22.2 Å². The van der Waals surface area contributed by atoms with Gasteiger partial charge in [-0.1, -0.05) is 18.5 Å². The third kappa shape index (κ3) is 4.29. The van der Waals surface area contributed by atoms with Crippen molar-refractivity contribution in [1.29, 1.82) is 0 Å². The molecule has 0 atom stereocenters. The summed E-state index contributed by atoms with van der Waals surface area (Å²) in [5.41, 5.74) is 6.78. The fourth-order valence-electron chi connectivity index (χ4n) is 2.03. The highest BCUT2D eigenvalue weighted by molar-refractivity contribution is 6.34. The van der Waals surface area contributed by atoms with Crippen molar-refractivity contribution < 1.29 is 4.79 Å². The Morgan fingerprint density at radius 2 is 2.16 bits per heavy atom. The van der Waals surface area contributed by atoms with Crippen LogP contribution in [-0.4, -0.2) is 23.9 Å². The Bertz CT molecular complexity index is 447. The van der Waals surface area contributed by atoms with E-state index in [1.165, 1.54) is 12.8 Å². The van der Waals surface area contributed by atoms with Crippen LogP contribution < -0.4 is 5.73 Å². The van der Waals surface area contributed by atoms with Crippen molar-refractivity contribution in [2.24, 2.45) is 5.92 Å². The number of hydrogen-bond donors (Lipinski definition) is 1. The average molecular weight is 303 g/mol. The van der Waals surface area contributed by atoms with E-state index < -0.39 is 0 Å². The Labute approximate surface area is 125 Å². The number of amides is 1. The number of carbonyl (C=O) groups excluding carboxylic acids is 1. The van der Waals surface area contributed by atoms with Crippen molar-refractivity contribution in [2.45, 2.75) is 26.2 Å². The molecule has 0 radical (unpaired) electrons. The molecule has 2 N–H and O–H groups in total. The van der Waals surface area contributed by atoms with Gasteiger partial charge < -0.3 is 10.6 Å². The molecular formula is C14H20Cl2N2O. The van der Waals surface area contributed by atoms with Crippen LogP contribution in [-0.2, 0) is 0 Å². The van der Waals surface area contributed by atoms with E-state index in [-0.39, 0.29) is 18.3 Å². The van der Waals surface area contributed by atoms with Crippen molar-refractivity contribution in [1.82, 2.24) is 4.90 Å². The Kier molecular flexibility index (Phi) is 5.95. The summed E-state index contributed by atoms with van der Waals surface area (Å²) in [7, 11) is 0. The fraction of sp³-hybridized carbons (Fsp3) is 0.500. The molecule has 1 aliphatic rings. The number of halogens is 2. The van der Waals surface area contributed by atoms with Gasteiger partial charge in [0.1, 0.15) is 0 Å². The maximum Gasteiger partial charge on any atom is 0.255 e. The highest BCUT2D eigenvalue weighted by atomic mass is 35.5. The third-order valence-corrected chi connectivity index (χ3v) is 3.49. The van der Waals surface area contributed by atoms with Gasteiger partial charge in [-0.15, -0.1) is 12.4 Å². The minimum absolute atomic E-state index is 0. The molecule has 1 aromatic carbocycles. The lowest BCUT2D eigenvalue weighted by molar-refractivity contribution is 0.0748. The second-order valence-corrected chi connectivity index (χ2v) is 5.34. The van der Waals surface area contributed by atoms with Gasteiger partial charge in [0.15, 0.2) is 0 Å². The first-order valence-electron chi connectivity index (χ1n) is 6.46. The first kappa shape index (κ1) is 16.1. The number of anilines is 1. The number of carbonyl (C=O) groups is 1. The maximum absolute atomic E-state index is 12.4. The lowest BCUT2D eigenvalue weighted by Crippen LogP contribution is -2.33. The van der Waals surface area contributed by atoms with Crippen molar-refractivity contribution in [3.63, 3.8) is 0 Å². The Balaban J connectivity index is 0.00000180. The number of nitrogens with two attached hydrogens (primary N) is 1. The van der Waals surface area contributed by atoms with Crippen molar-refractivity contribution in [3.8, 4) is 0 Å². The highest BCUT2D eigenvalue weighted by Crippen LogP contribution is 2.31. The van der Waals surface area contributed by atoms with E-state index in [1.54, 1.807) is 18.2 Å². The molecule has 0 saturated heterocycles. The van der Waals surface area contributed by atoms with Gasteiger partial charge in [-0.3, -0.25) is 4.79 Å². The smallest absolute Gasteiger partial charge is 0.255 e. The fourth-order valence-corrected chi connectivity index (χ4v) is 2.30. The maximum atomic E-state index is 12.4. The van der Waals surface area contributed by atoms with Crippen LogP contribution in [0.1, 0.15) is 36.5 Å². The van der Waals surface area contributed by atoms with Crippen LogP contribution in [0.15, 0.2) is 18.2 Å². The van der Waals surface area contributed by atoms with Crippen LogP contribution in [0.2, 0.25) is 5.02 Å². The summed E-state index contributed by atoms with van der Waals surface area (Å²) in [5, 5.41) is 0.442. The van der Waals surface area contributed by atoms with Crippen LogP contribution in [0.5, 0.6) is 0 Å². The lowest BCUT2D eigenvalue weighted by atomic mass is 10.1. The number of nitrogens with zero attached hydrogens (tertiary/aromatic N) is 1. The van der Waals surface area contributed by atoms with Crippen molar-refractivity contribution >= 4 is 35.6 Å². The molecule has 3 nitrogen and oxygen atoms in total. The van der Waals surface area contributed by atoms with Crippen LogP contribution in [0, 0.1) is 5.92 Å². The summed E-state index contributed by atoms with van der Waals surface area (Å²) < 4.78 is 0. The first-order chi connectivity index (χ1) is 8.61. The van der Waals surface area contributed by atoms with Gasteiger partial charge in [0.05, 0.1) is 10.6 Å². The topological polar surface area (TPSA) is 46.3 Å². The number of benzene rings is 1. The van der Waals surface area contributed by atoms with Gasteiger partial charge in [0.25, 0.3) is 5.91 Å². The van der Waals surface area contributed by atoms with Gasteiger partial charge in [0.2, 0.25) is 0 Å². The first-order valence-corrected chi connectivity index (χ1v) is 6.84. The molecule has 0 aromatic heterocycles. The molecule has 5 heteroatoms. The molecule has 0 heterocycles. The van der Waals surface area contributed by atoms with E-state index in [2.05, 4.69) is 6.92 Å². The van der Waals surface area contributed by atoms with E-state index in [1.807, 2.05) is 4.90 Å². The van der Waals surface area contributed by atoms with Crippen LogP contribution in [0.3, 0.4) is 0 Å². The molecule has 0 aliphatic heterocycles. The Morgan fingerprint density at radius 1 is 1.47 bits per heavy atom. The lowest BCUT2D eigenvalue weighted by Gasteiger charge is -2.22. The standard InChI is InChI=1S/C14H19ClN2O.ClH/c1-2-7-17(9-10-3-4-10)14(18)12-6-5-11(16)8-13(12)15;/h5-6,8,10H,2-4,7,9,16H2,1H3;1H.